The molecule has 1 aromatic heterocycles. The van der Waals surface area contributed by atoms with Crippen molar-refractivity contribution in [3.8, 4) is 0 Å². The molecule has 0 radical (unpaired) electrons. The molecule has 1 atom stereocenters. The number of aliphatic imine (C=N–C) groups is 1. The van der Waals surface area contributed by atoms with Gasteiger partial charge in [-0.1, -0.05) is 24.5 Å². The zero-order chi connectivity index (χ0) is 11.4. The fourth-order valence-electron chi connectivity index (χ4n) is 2.13. The Labute approximate surface area is 94.7 Å². The molecular weight excluding hydrogens is 204 g/mol. The molecule has 88 valence electrons. The molecule has 1 heterocycles. The van der Waals surface area contributed by atoms with Gasteiger partial charge in [0.2, 0.25) is 0 Å². The zero-order valence-electron chi connectivity index (χ0n) is 9.56. The second kappa shape index (κ2) is 5.05. The molecule has 6 nitrogen and oxygen atoms in total. The van der Waals surface area contributed by atoms with E-state index in [-0.39, 0.29) is 6.04 Å². The molecule has 0 amide bonds. The van der Waals surface area contributed by atoms with Gasteiger partial charge < -0.3 is 5.73 Å². The minimum atomic E-state index is -0.110. The highest BCUT2D eigenvalue weighted by atomic mass is 15.5. The molecule has 1 unspecified atom stereocenters. The van der Waals surface area contributed by atoms with Gasteiger partial charge in [-0.2, -0.15) is 5.21 Å². The lowest BCUT2D eigenvalue weighted by molar-refractivity contribution is 0.435. The Kier molecular flexibility index (Phi) is 3.48. The molecule has 0 saturated heterocycles. The van der Waals surface area contributed by atoms with Crippen LogP contribution < -0.4 is 5.73 Å². The van der Waals surface area contributed by atoms with Gasteiger partial charge in [-0.25, -0.2) is 0 Å². The van der Waals surface area contributed by atoms with Crippen molar-refractivity contribution < 1.29 is 0 Å². The van der Waals surface area contributed by atoms with Gasteiger partial charge in [0.1, 0.15) is 6.04 Å². The first-order valence-electron chi connectivity index (χ1n) is 5.84. The summed E-state index contributed by atoms with van der Waals surface area (Å²) in [7, 11) is 0. The van der Waals surface area contributed by atoms with Crippen molar-refractivity contribution in [3.63, 3.8) is 0 Å². The number of amidine groups is 1. The van der Waals surface area contributed by atoms with E-state index in [4.69, 9.17) is 5.73 Å². The lowest BCUT2D eigenvalue weighted by Crippen LogP contribution is -2.26. The van der Waals surface area contributed by atoms with E-state index in [9.17, 15) is 0 Å². The molecule has 2 rings (SSSR count). The van der Waals surface area contributed by atoms with Crippen molar-refractivity contribution >= 4 is 5.84 Å². The lowest BCUT2D eigenvalue weighted by Gasteiger charge is -2.21. The minimum absolute atomic E-state index is 0.110. The van der Waals surface area contributed by atoms with E-state index >= 15 is 0 Å². The van der Waals surface area contributed by atoms with E-state index in [0.717, 1.165) is 18.7 Å². The highest BCUT2D eigenvalue weighted by molar-refractivity contribution is 5.83. The van der Waals surface area contributed by atoms with Gasteiger partial charge in [-0.15, -0.1) is 10.2 Å². The predicted molar refractivity (Wildman–Crippen MR) is 60.8 cm³/mol. The van der Waals surface area contributed by atoms with E-state index in [0.29, 0.717) is 11.7 Å². The van der Waals surface area contributed by atoms with Crippen molar-refractivity contribution in [1.82, 2.24) is 20.6 Å². The van der Waals surface area contributed by atoms with Crippen LogP contribution in [0.3, 0.4) is 0 Å². The van der Waals surface area contributed by atoms with E-state index in [1.54, 1.807) is 0 Å². The maximum atomic E-state index is 6.02. The summed E-state index contributed by atoms with van der Waals surface area (Å²) < 4.78 is 0. The molecule has 0 aliphatic heterocycles. The van der Waals surface area contributed by atoms with Crippen molar-refractivity contribution in [2.45, 2.75) is 45.1 Å². The third-order valence-electron chi connectivity index (χ3n) is 3.10. The number of rotatable bonds is 3. The molecule has 3 N–H and O–H groups in total. The maximum Gasteiger partial charge on any atom is 0.198 e. The Morgan fingerprint density at radius 1 is 1.44 bits per heavy atom. The summed E-state index contributed by atoms with van der Waals surface area (Å²) in [6.07, 6.45) is 6.17. The second-order valence-corrected chi connectivity index (χ2v) is 4.33. The number of nitrogens with zero attached hydrogens (tertiary/aromatic N) is 4. The molecule has 0 spiro atoms. The molecule has 16 heavy (non-hydrogen) atoms. The third-order valence-corrected chi connectivity index (χ3v) is 3.10. The molecule has 1 aliphatic carbocycles. The second-order valence-electron chi connectivity index (χ2n) is 4.33. The van der Waals surface area contributed by atoms with Crippen LogP contribution in [0, 0.1) is 5.92 Å². The topological polar surface area (TPSA) is 92.8 Å². The van der Waals surface area contributed by atoms with Gasteiger partial charge in [0.05, 0.1) is 5.84 Å². The van der Waals surface area contributed by atoms with E-state index in [2.05, 4.69) is 25.6 Å². The van der Waals surface area contributed by atoms with Crippen LogP contribution in [-0.2, 0) is 0 Å². The summed E-state index contributed by atoms with van der Waals surface area (Å²) in [6, 6.07) is -0.110. The number of aromatic amines is 1. The smallest absolute Gasteiger partial charge is 0.198 e. The Balaban J connectivity index is 1.99. The van der Waals surface area contributed by atoms with Crippen LogP contribution >= 0.6 is 0 Å². The van der Waals surface area contributed by atoms with Gasteiger partial charge >= 0.3 is 0 Å². The number of H-pyrrole nitrogens is 1. The number of nitrogens with one attached hydrogen (secondary N) is 1. The predicted octanol–water partition coefficient (Wildman–Crippen LogP) is 1.20. The van der Waals surface area contributed by atoms with E-state index in [1.165, 1.54) is 19.3 Å². The van der Waals surface area contributed by atoms with Gasteiger partial charge in [-0.05, 0) is 19.8 Å². The first-order chi connectivity index (χ1) is 7.77. The fraction of sp³-hybridized carbons (Fsp3) is 0.800. The van der Waals surface area contributed by atoms with Gasteiger partial charge in [0, 0.05) is 5.92 Å². The Hall–Kier alpha value is -1.46. The first kappa shape index (κ1) is 11.0. The van der Waals surface area contributed by atoms with E-state index < -0.39 is 0 Å². The van der Waals surface area contributed by atoms with Crippen molar-refractivity contribution in [2.75, 3.05) is 0 Å². The van der Waals surface area contributed by atoms with Gasteiger partial charge in [0.25, 0.3) is 0 Å². The molecule has 6 heteroatoms. The summed E-state index contributed by atoms with van der Waals surface area (Å²) in [6.45, 7) is 1.93. The molecule has 0 bridgehead atoms. The van der Waals surface area contributed by atoms with E-state index in [1.807, 2.05) is 6.92 Å². The molecule has 1 aliphatic rings. The number of aromatic nitrogens is 4. The molecular formula is C10H18N6. The molecule has 1 aromatic rings. The van der Waals surface area contributed by atoms with Crippen LogP contribution in [0.1, 0.15) is 50.9 Å². The lowest BCUT2D eigenvalue weighted by atomic mass is 9.88. The molecule has 1 saturated carbocycles. The van der Waals surface area contributed by atoms with Crippen molar-refractivity contribution in [1.29, 1.82) is 0 Å². The highest BCUT2D eigenvalue weighted by Gasteiger charge is 2.18. The van der Waals surface area contributed by atoms with Gasteiger partial charge in [-0.3, -0.25) is 4.99 Å². The quantitative estimate of drug-likeness (QED) is 0.593. The summed E-state index contributed by atoms with van der Waals surface area (Å²) in [5, 5.41) is 13.7. The van der Waals surface area contributed by atoms with Crippen molar-refractivity contribution in [3.05, 3.63) is 5.82 Å². The molecule has 0 aromatic carbocycles. The highest BCUT2D eigenvalue weighted by Crippen LogP contribution is 2.24. The zero-order valence-corrected chi connectivity index (χ0v) is 9.56. The summed E-state index contributed by atoms with van der Waals surface area (Å²) in [4.78, 5) is 4.45. The first-order valence-corrected chi connectivity index (χ1v) is 5.84. The summed E-state index contributed by atoms with van der Waals surface area (Å²) >= 11 is 0. The van der Waals surface area contributed by atoms with Crippen LogP contribution in [0.15, 0.2) is 4.99 Å². The average Bonchev–Trinajstić information content (AvgIpc) is 2.83. The number of nitrogens with two attached hydrogens (primary N) is 1. The Morgan fingerprint density at radius 3 is 2.81 bits per heavy atom. The van der Waals surface area contributed by atoms with Crippen molar-refractivity contribution in [2.24, 2.45) is 16.6 Å². The van der Waals surface area contributed by atoms with Crippen LogP contribution in [0.4, 0.5) is 0 Å². The van der Waals surface area contributed by atoms with Crippen LogP contribution in [0.2, 0.25) is 0 Å². The SMILES string of the molecule is CC(N=C(N)C1CCCCC1)c1nn[nH]n1. The largest absolute Gasteiger partial charge is 0.387 e. The number of hydrogen-bond acceptors (Lipinski definition) is 4. The summed E-state index contributed by atoms with van der Waals surface area (Å²) in [5.41, 5.74) is 6.02. The third kappa shape index (κ3) is 2.56. The Morgan fingerprint density at radius 2 is 2.19 bits per heavy atom. The normalized spacial score (nSPS) is 20.9. The van der Waals surface area contributed by atoms with Crippen LogP contribution in [0.25, 0.3) is 0 Å². The van der Waals surface area contributed by atoms with Crippen LogP contribution in [0.5, 0.6) is 0 Å². The summed E-state index contributed by atoms with van der Waals surface area (Å²) in [5.74, 6) is 1.79. The van der Waals surface area contributed by atoms with Crippen LogP contribution in [-0.4, -0.2) is 26.5 Å². The Bertz CT molecular complexity index is 338. The number of hydrogen-bond donors (Lipinski definition) is 2. The van der Waals surface area contributed by atoms with Gasteiger partial charge in [0.15, 0.2) is 5.82 Å². The molecule has 1 fully saturated rings. The standard InChI is InChI=1S/C10H18N6/c1-7(10-13-15-16-14-10)12-9(11)8-5-3-2-4-6-8/h7-8H,2-6H2,1H3,(H2,11,12)(H,13,14,15,16). The fourth-order valence-corrected chi connectivity index (χ4v) is 2.13. The monoisotopic (exact) mass is 222 g/mol. The average molecular weight is 222 g/mol. The maximum absolute atomic E-state index is 6.02. The number of tetrazole rings is 1. The minimum Gasteiger partial charge on any atom is -0.387 e.